The number of nitrogens with zero attached hydrogens (tertiary/aromatic N) is 1. The molecule has 0 saturated heterocycles. The zero-order valence-electron chi connectivity index (χ0n) is 16.1. The second kappa shape index (κ2) is 9.80. The summed E-state index contributed by atoms with van der Waals surface area (Å²) in [6, 6.07) is 11.6. The molecule has 8 heteroatoms. The highest BCUT2D eigenvalue weighted by Gasteiger charge is 2.16. The van der Waals surface area contributed by atoms with Gasteiger partial charge in [-0.05, 0) is 48.7 Å². The number of anilines is 1. The molecule has 0 radical (unpaired) electrons. The van der Waals surface area contributed by atoms with E-state index < -0.39 is 18.5 Å². The lowest BCUT2D eigenvalue weighted by molar-refractivity contribution is -0.119. The molecule has 0 heterocycles. The first-order valence-electron chi connectivity index (χ1n) is 8.36. The van der Waals surface area contributed by atoms with E-state index in [4.69, 9.17) is 9.47 Å². The largest absolute Gasteiger partial charge is 0.496 e. The fraction of sp³-hybridized carbons (Fsp3) is 0.250. The van der Waals surface area contributed by atoms with Gasteiger partial charge in [0.05, 0.1) is 7.11 Å². The molecule has 0 aliphatic carbocycles. The number of ether oxygens (including phenoxy) is 2. The minimum Gasteiger partial charge on any atom is -0.496 e. The third-order valence-electron chi connectivity index (χ3n) is 3.78. The van der Waals surface area contributed by atoms with E-state index in [0.29, 0.717) is 17.0 Å². The number of esters is 1. The smallest absolute Gasteiger partial charge is 0.342 e. The van der Waals surface area contributed by atoms with Gasteiger partial charge >= 0.3 is 5.97 Å². The number of nitrogens with one attached hydrogen (secondary N) is 1. The van der Waals surface area contributed by atoms with Crippen LogP contribution in [0.25, 0.3) is 0 Å². The maximum atomic E-state index is 12.2. The molecule has 0 aliphatic rings. The van der Waals surface area contributed by atoms with E-state index in [2.05, 4.69) is 5.32 Å². The number of hydrogen-bond donors (Lipinski definition) is 1. The van der Waals surface area contributed by atoms with Gasteiger partial charge in [-0.25, -0.2) is 4.79 Å². The van der Waals surface area contributed by atoms with Crippen LogP contribution in [0.3, 0.4) is 0 Å². The molecular weight excluding hydrogens is 380 g/mol. The van der Waals surface area contributed by atoms with Gasteiger partial charge < -0.3 is 19.7 Å². The number of amides is 2. The minimum absolute atomic E-state index is 0.131. The SMILES string of the molecule is COc1cc(SC)ccc1C(=O)OCC(=O)Nc1ccc(C(=O)N(C)C)cc1. The highest BCUT2D eigenvalue weighted by molar-refractivity contribution is 7.98. The molecule has 2 rings (SSSR count). The van der Waals surface area contributed by atoms with Crippen LogP contribution in [0.1, 0.15) is 20.7 Å². The van der Waals surface area contributed by atoms with Gasteiger partial charge in [-0.2, -0.15) is 0 Å². The fourth-order valence-electron chi connectivity index (χ4n) is 2.33. The summed E-state index contributed by atoms with van der Waals surface area (Å²) < 4.78 is 10.3. The first-order valence-corrected chi connectivity index (χ1v) is 9.59. The van der Waals surface area contributed by atoms with Gasteiger partial charge in [-0.1, -0.05) is 0 Å². The highest BCUT2D eigenvalue weighted by Crippen LogP contribution is 2.25. The number of carbonyl (C=O) groups is 3. The van der Waals surface area contributed by atoms with Gasteiger partial charge in [0.2, 0.25) is 0 Å². The van der Waals surface area contributed by atoms with Gasteiger partial charge in [0.25, 0.3) is 11.8 Å². The Labute approximate surface area is 168 Å². The Morgan fingerprint density at radius 3 is 2.32 bits per heavy atom. The van der Waals surface area contributed by atoms with Crippen molar-refractivity contribution in [3.63, 3.8) is 0 Å². The zero-order valence-corrected chi connectivity index (χ0v) is 17.0. The molecule has 0 saturated carbocycles. The summed E-state index contributed by atoms with van der Waals surface area (Å²) >= 11 is 1.52. The molecule has 0 aromatic heterocycles. The number of rotatable bonds is 7. The predicted octanol–water partition coefficient (Wildman–Crippen LogP) is 2.91. The van der Waals surface area contributed by atoms with Crippen LogP contribution in [0.15, 0.2) is 47.4 Å². The second-order valence-corrected chi connectivity index (χ2v) is 6.85. The second-order valence-electron chi connectivity index (χ2n) is 5.97. The van der Waals surface area contributed by atoms with E-state index in [0.717, 1.165) is 4.90 Å². The van der Waals surface area contributed by atoms with Crippen molar-refractivity contribution in [2.24, 2.45) is 0 Å². The van der Waals surface area contributed by atoms with Crippen LogP contribution < -0.4 is 10.1 Å². The Bertz CT molecular complexity index is 865. The summed E-state index contributed by atoms with van der Waals surface area (Å²) in [5.74, 6) is -0.877. The van der Waals surface area contributed by atoms with Crippen molar-refractivity contribution in [1.29, 1.82) is 0 Å². The summed E-state index contributed by atoms with van der Waals surface area (Å²) in [7, 11) is 4.79. The van der Waals surface area contributed by atoms with Crippen LogP contribution in [0.2, 0.25) is 0 Å². The monoisotopic (exact) mass is 402 g/mol. The molecule has 0 bridgehead atoms. The molecule has 28 heavy (non-hydrogen) atoms. The van der Waals surface area contributed by atoms with Gasteiger partial charge in [0.15, 0.2) is 6.61 Å². The van der Waals surface area contributed by atoms with Crippen molar-refractivity contribution in [2.75, 3.05) is 39.4 Å². The van der Waals surface area contributed by atoms with Gasteiger partial charge in [-0.15, -0.1) is 11.8 Å². The topological polar surface area (TPSA) is 84.9 Å². The van der Waals surface area contributed by atoms with Crippen molar-refractivity contribution in [3.8, 4) is 5.75 Å². The van der Waals surface area contributed by atoms with E-state index in [9.17, 15) is 14.4 Å². The molecule has 0 aliphatic heterocycles. The third-order valence-corrected chi connectivity index (χ3v) is 4.51. The number of methoxy groups -OCH3 is 1. The number of thioether (sulfide) groups is 1. The summed E-state index contributed by atoms with van der Waals surface area (Å²) in [5, 5.41) is 2.62. The molecule has 2 amide bonds. The highest BCUT2D eigenvalue weighted by atomic mass is 32.2. The van der Waals surface area contributed by atoms with E-state index in [-0.39, 0.29) is 11.5 Å². The molecule has 0 spiro atoms. The third kappa shape index (κ3) is 5.50. The maximum Gasteiger partial charge on any atom is 0.342 e. The Morgan fingerprint density at radius 1 is 1.07 bits per heavy atom. The molecule has 0 fully saturated rings. The Morgan fingerprint density at radius 2 is 1.75 bits per heavy atom. The first-order chi connectivity index (χ1) is 13.3. The summed E-state index contributed by atoms with van der Waals surface area (Å²) in [5.41, 5.74) is 1.26. The Balaban J connectivity index is 1.93. The number of hydrogen-bond acceptors (Lipinski definition) is 6. The lowest BCUT2D eigenvalue weighted by Crippen LogP contribution is -2.22. The van der Waals surface area contributed by atoms with E-state index in [1.165, 1.54) is 23.8 Å². The Kier molecular flexibility index (Phi) is 7.45. The average Bonchev–Trinajstić information content (AvgIpc) is 2.71. The van der Waals surface area contributed by atoms with Gasteiger partial charge in [-0.3, -0.25) is 9.59 Å². The van der Waals surface area contributed by atoms with Crippen LogP contribution in [-0.4, -0.2) is 56.8 Å². The fourth-order valence-corrected chi connectivity index (χ4v) is 2.76. The molecular formula is C20H22N2O5S. The minimum atomic E-state index is -0.647. The van der Waals surface area contributed by atoms with Gasteiger partial charge in [0.1, 0.15) is 11.3 Å². The van der Waals surface area contributed by atoms with Crippen LogP contribution in [-0.2, 0) is 9.53 Å². The van der Waals surface area contributed by atoms with Crippen molar-refractivity contribution in [3.05, 3.63) is 53.6 Å². The Hall–Kier alpha value is -3.00. The quantitative estimate of drug-likeness (QED) is 0.566. The molecule has 148 valence electrons. The molecule has 0 atom stereocenters. The number of benzene rings is 2. The zero-order chi connectivity index (χ0) is 20.7. The normalized spacial score (nSPS) is 10.1. The van der Waals surface area contributed by atoms with E-state index in [1.54, 1.807) is 56.6 Å². The molecule has 2 aromatic rings. The van der Waals surface area contributed by atoms with Crippen LogP contribution in [0.5, 0.6) is 5.75 Å². The van der Waals surface area contributed by atoms with Crippen LogP contribution in [0.4, 0.5) is 5.69 Å². The van der Waals surface area contributed by atoms with Crippen molar-refractivity contribution >= 4 is 35.2 Å². The van der Waals surface area contributed by atoms with E-state index in [1.807, 2.05) is 6.26 Å². The average molecular weight is 402 g/mol. The predicted molar refractivity (Wildman–Crippen MR) is 108 cm³/mol. The lowest BCUT2D eigenvalue weighted by Gasteiger charge is -2.11. The molecule has 1 N–H and O–H groups in total. The van der Waals surface area contributed by atoms with E-state index >= 15 is 0 Å². The first kappa shape index (κ1) is 21.3. The maximum absolute atomic E-state index is 12.2. The number of carbonyl (C=O) groups excluding carboxylic acids is 3. The summed E-state index contributed by atoms with van der Waals surface area (Å²) in [6.07, 6.45) is 1.92. The molecule has 2 aromatic carbocycles. The summed E-state index contributed by atoms with van der Waals surface area (Å²) in [4.78, 5) is 38.5. The lowest BCUT2D eigenvalue weighted by atomic mass is 10.2. The van der Waals surface area contributed by atoms with Crippen molar-refractivity contribution in [1.82, 2.24) is 4.90 Å². The standard InChI is InChI=1S/C20H22N2O5S/c1-22(2)19(24)13-5-7-14(8-6-13)21-18(23)12-27-20(25)16-10-9-15(28-4)11-17(16)26-3/h5-11H,12H2,1-4H3,(H,21,23). The molecule has 7 nitrogen and oxygen atoms in total. The van der Waals surface area contributed by atoms with Crippen LogP contribution in [0, 0.1) is 0 Å². The summed E-state index contributed by atoms with van der Waals surface area (Å²) in [6.45, 7) is -0.440. The van der Waals surface area contributed by atoms with Gasteiger partial charge in [0, 0.05) is 30.2 Å². The van der Waals surface area contributed by atoms with Crippen LogP contribution >= 0.6 is 11.8 Å². The molecule has 0 unspecified atom stereocenters. The van der Waals surface area contributed by atoms with Crippen molar-refractivity contribution < 1.29 is 23.9 Å². The van der Waals surface area contributed by atoms with Crippen molar-refractivity contribution in [2.45, 2.75) is 4.90 Å².